The summed E-state index contributed by atoms with van der Waals surface area (Å²) in [6, 6.07) is 3.54. The third kappa shape index (κ3) is 4.55. The summed E-state index contributed by atoms with van der Waals surface area (Å²) < 4.78 is 32.7. The van der Waals surface area contributed by atoms with Crippen LogP contribution in [0.5, 0.6) is 0 Å². The molecule has 0 saturated heterocycles. The molecule has 0 radical (unpaired) electrons. The number of rotatable bonds is 8. The molecule has 2 rings (SSSR count). The molecule has 0 amide bonds. The lowest BCUT2D eigenvalue weighted by molar-refractivity contribution is -0.137. The molecule has 0 fully saturated rings. The van der Waals surface area contributed by atoms with Crippen LogP contribution in [0.3, 0.4) is 0 Å². The van der Waals surface area contributed by atoms with Gasteiger partial charge >= 0.3 is 5.92 Å². The first-order valence-corrected chi connectivity index (χ1v) is 7.78. The number of methoxy groups -OCH3 is 1. The first kappa shape index (κ1) is 17.5. The van der Waals surface area contributed by atoms with Crippen LogP contribution in [0.1, 0.15) is 6.92 Å². The fourth-order valence-corrected chi connectivity index (χ4v) is 2.70. The van der Waals surface area contributed by atoms with Crippen molar-refractivity contribution in [1.29, 1.82) is 0 Å². The molecular formula is C14H16F2N4O2S. The van der Waals surface area contributed by atoms with Crippen molar-refractivity contribution in [3.63, 3.8) is 0 Å². The van der Waals surface area contributed by atoms with Gasteiger partial charge in [0, 0.05) is 32.0 Å². The minimum atomic E-state index is -3.35. The van der Waals surface area contributed by atoms with Gasteiger partial charge in [-0.15, -0.1) is 10.2 Å². The van der Waals surface area contributed by atoms with E-state index in [0.717, 1.165) is 17.3 Å². The van der Waals surface area contributed by atoms with Crippen molar-refractivity contribution in [2.75, 3.05) is 19.5 Å². The number of aromatic nitrogens is 4. The van der Waals surface area contributed by atoms with Crippen molar-refractivity contribution in [1.82, 2.24) is 19.7 Å². The molecule has 0 aliphatic rings. The molecule has 9 heteroatoms. The highest BCUT2D eigenvalue weighted by Gasteiger charge is 2.32. The van der Waals surface area contributed by atoms with Gasteiger partial charge < -0.3 is 4.74 Å². The number of carbonyl (C=O) groups excluding carboxylic acids is 1. The van der Waals surface area contributed by atoms with Crippen LogP contribution in [0.4, 0.5) is 8.78 Å². The SMILES string of the molecule is COCCn1c(SCC(=O)C(C)(F)F)nnc1-c1ccncc1. The molecule has 2 heterocycles. The molecule has 0 aliphatic heterocycles. The maximum Gasteiger partial charge on any atom is 0.303 e. The minimum absolute atomic E-state index is 0.370. The van der Waals surface area contributed by atoms with Crippen molar-refractivity contribution in [3.8, 4) is 11.4 Å². The summed E-state index contributed by atoms with van der Waals surface area (Å²) in [4.78, 5) is 15.3. The Kier molecular flexibility index (Phi) is 5.78. The van der Waals surface area contributed by atoms with Crippen molar-refractivity contribution in [2.45, 2.75) is 24.5 Å². The molecule has 0 aromatic carbocycles. The van der Waals surface area contributed by atoms with Crippen molar-refractivity contribution in [3.05, 3.63) is 24.5 Å². The third-order valence-electron chi connectivity index (χ3n) is 3.00. The van der Waals surface area contributed by atoms with E-state index in [1.165, 1.54) is 0 Å². The summed E-state index contributed by atoms with van der Waals surface area (Å²) in [7, 11) is 1.56. The highest BCUT2D eigenvalue weighted by Crippen LogP contribution is 2.25. The number of pyridine rings is 1. The summed E-state index contributed by atoms with van der Waals surface area (Å²) in [6.07, 6.45) is 3.25. The molecule has 0 aliphatic carbocycles. The predicted octanol–water partition coefficient (Wildman–Crippen LogP) is 2.30. The number of nitrogens with zero attached hydrogens (tertiary/aromatic N) is 4. The zero-order valence-corrected chi connectivity index (χ0v) is 13.5. The summed E-state index contributed by atoms with van der Waals surface area (Å²) >= 11 is 0.937. The van der Waals surface area contributed by atoms with E-state index in [2.05, 4.69) is 15.2 Å². The lowest BCUT2D eigenvalue weighted by Gasteiger charge is -2.11. The topological polar surface area (TPSA) is 69.9 Å². The van der Waals surface area contributed by atoms with Crippen LogP contribution >= 0.6 is 11.8 Å². The Morgan fingerprint density at radius 3 is 2.65 bits per heavy atom. The average molecular weight is 342 g/mol. The van der Waals surface area contributed by atoms with E-state index in [1.54, 1.807) is 36.2 Å². The van der Waals surface area contributed by atoms with E-state index >= 15 is 0 Å². The quantitative estimate of drug-likeness (QED) is 0.686. The maximum atomic E-state index is 13.0. The minimum Gasteiger partial charge on any atom is -0.383 e. The number of thioether (sulfide) groups is 1. The van der Waals surface area contributed by atoms with Crippen molar-refractivity contribution >= 4 is 17.5 Å². The number of ketones is 1. The molecule has 2 aromatic heterocycles. The molecule has 2 aromatic rings. The summed E-state index contributed by atoms with van der Waals surface area (Å²) in [5.41, 5.74) is 0.794. The Hall–Kier alpha value is -1.87. The number of halogens is 2. The summed E-state index contributed by atoms with van der Waals surface area (Å²) in [5, 5.41) is 8.49. The number of alkyl halides is 2. The highest BCUT2D eigenvalue weighted by molar-refractivity contribution is 7.99. The van der Waals surface area contributed by atoms with E-state index in [1.807, 2.05) is 0 Å². The zero-order valence-electron chi connectivity index (χ0n) is 12.7. The second kappa shape index (κ2) is 7.60. The molecule has 124 valence electrons. The second-order valence-corrected chi connectivity index (χ2v) is 5.73. The van der Waals surface area contributed by atoms with Gasteiger partial charge in [-0.3, -0.25) is 14.3 Å². The van der Waals surface area contributed by atoms with Crippen LogP contribution in [-0.4, -0.2) is 50.9 Å². The van der Waals surface area contributed by atoms with Gasteiger partial charge in [-0.05, 0) is 12.1 Å². The van der Waals surface area contributed by atoms with Gasteiger partial charge in [0.1, 0.15) is 0 Å². The molecule has 0 saturated carbocycles. The maximum absolute atomic E-state index is 13.0. The van der Waals surface area contributed by atoms with Crippen LogP contribution in [0.15, 0.2) is 29.7 Å². The Morgan fingerprint density at radius 1 is 1.35 bits per heavy atom. The Bertz CT molecular complexity index is 659. The molecule has 0 bridgehead atoms. The van der Waals surface area contributed by atoms with Crippen molar-refractivity contribution < 1.29 is 18.3 Å². The van der Waals surface area contributed by atoms with Crippen LogP contribution < -0.4 is 0 Å². The smallest absolute Gasteiger partial charge is 0.303 e. The molecule has 6 nitrogen and oxygen atoms in total. The first-order chi connectivity index (χ1) is 10.9. The standard InChI is InChI=1S/C14H16F2N4O2S/c1-14(15,16)11(21)9-23-13-19-18-12(20(13)7-8-22-2)10-3-5-17-6-4-10/h3-6H,7-9H2,1-2H3. The van der Waals surface area contributed by atoms with Crippen molar-refractivity contribution in [2.24, 2.45) is 0 Å². The fraction of sp³-hybridized carbons (Fsp3) is 0.429. The summed E-state index contributed by atoms with van der Waals surface area (Å²) in [6.45, 7) is 1.44. The normalized spacial score (nSPS) is 11.7. The highest BCUT2D eigenvalue weighted by atomic mass is 32.2. The van der Waals surface area contributed by atoms with Gasteiger partial charge in [0.2, 0.25) is 5.78 Å². The van der Waals surface area contributed by atoms with Gasteiger partial charge in [-0.25, -0.2) is 0 Å². The molecular weight excluding hydrogens is 326 g/mol. The van der Waals surface area contributed by atoms with Gasteiger partial charge in [0.05, 0.1) is 18.9 Å². The van der Waals surface area contributed by atoms with E-state index in [4.69, 9.17) is 4.74 Å². The number of Topliss-reactive ketones (excluding diaryl/α,β-unsaturated/α-hetero) is 1. The Labute approximate surface area is 136 Å². The van der Waals surface area contributed by atoms with E-state index in [9.17, 15) is 13.6 Å². The lowest BCUT2D eigenvalue weighted by Crippen LogP contribution is -2.26. The number of hydrogen-bond acceptors (Lipinski definition) is 6. The number of hydrogen-bond donors (Lipinski definition) is 0. The van der Waals surface area contributed by atoms with Gasteiger partial charge in [-0.1, -0.05) is 11.8 Å². The van der Waals surface area contributed by atoms with E-state index in [0.29, 0.717) is 31.1 Å². The monoisotopic (exact) mass is 342 g/mol. The fourth-order valence-electron chi connectivity index (χ4n) is 1.75. The summed E-state index contributed by atoms with van der Waals surface area (Å²) in [5.74, 6) is -4.29. The molecule has 0 N–H and O–H groups in total. The zero-order chi connectivity index (χ0) is 16.9. The lowest BCUT2D eigenvalue weighted by atomic mass is 10.2. The molecule has 0 spiro atoms. The molecule has 23 heavy (non-hydrogen) atoms. The first-order valence-electron chi connectivity index (χ1n) is 6.80. The number of carbonyl (C=O) groups is 1. The predicted molar refractivity (Wildman–Crippen MR) is 81.5 cm³/mol. The van der Waals surface area contributed by atoms with E-state index < -0.39 is 11.7 Å². The van der Waals surface area contributed by atoms with Gasteiger partial charge in [0.25, 0.3) is 0 Å². The van der Waals surface area contributed by atoms with E-state index in [-0.39, 0.29) is 5.75 Å². The van der Waals surface area contributed by atoms with Gasteiger partial charge in [-0.2, -0.15) is 8.78 Å². The van der Waals surface area contributed by atoms with Crippen LogP contribution in [0.25, 0.3) is 11.4 Å². The largest absolute Gasteiger partial charge is 0.383 e. The Morgan fingerprint density at radius 2 is 2.04 bits per heavy atom. The second-order valence-electron chi connectivity index (χ2n) is 4.79. The third-order valence-corrected chi connectivity index (χ3v) is 3.96. The Balaban J connectivity index is 2.22. The molecule has 0 atom stereocenters. The number of ether oxygens (including phenoxy) is 1. The van der Waals surface area contributed by atoms with Crippen LogP contribution in [-0.2, 0) is 16.1 Å². The van der Waals surface area contributed by atoms with Crippen LogP contribution in [0, 0.1) is 0 Å². The molecule has 0 unspecified atom stereocenters. The van der Waals surface area contributed by atoms with Crippen LogP contribution in [0.2, 0.25) is 0 Å². The average Bonchev–Trinajstić information content (AvgIpc) is 2.93. The van der Waals surface area contributed by atoms with Gasteiger partial charge in [0.15, 0.2) is 11.0 Å².